The predicted molar refractivity (Wildman–Crippen MR) is 113 cm³/mol. The first-order valence-corrected chi connectivity index (χ1v) is 9.90. The van der Waals surface area contributed by atoms with Crippen LogP contribution in [0.15, 0.2) is 47.6 Å². The van der Waals surface area contributed by atoms with Crippen LogP contribution >= 0.6 is 11.8 Å². The molecule has 1 heterocycles. The van der Waals surface area contributed by atoms with Gasteiger partial charge < -0.3 is 9.64 Å². The van der Waals surface area contributed by atoms with E-state index in [0.29, 0.717) is 11.0 Å². The summed E-state index contributed by atoms with van der Waals surface area (Å²) in [4.78, 5) is 23.1. The molecule has 3 N–H and O–H groups in total. The summed E-state index contributed by atoms with van der Waals surface area (Å²) in [5, 5.41) is 7.61. The quantitative estimate of drug-likeness (QED) is 0.252. The van der Waals surface area contributed by atoms with Crippen LogP contribution in [0.3, 0.4) is 0 Å². The molecule has 2 aromatic carbocycles. The van der Waals surface area contributed by atoms with Crippen molar-refractivity contribution in [3.63, 3.8) is 0 Å². The Morgan fingerprint density at radius 1 is 1.10 bits per heavy atom. The fourth-order valence-electron chi connectivity index (χ4n) is 2.73. The average Bonchev–Trinajstić information content (AvgIpc) is 3.21. The third kappa shape index (κ3) is 5.35. The Hall–Kier alpha value is -2.88. The summed E-state index contributed by atoms with van der Waals surface area (Å²) in [6.07, 6.45) is 0. The second-order valence-corrected chi connectivity index (χ2v) is 7.41. The van der Waals surface area contributed by atoms with Gasteiger partial charge in [0, 0.05) is 37.5 Å². The van der Waals surface area contributed by atoms with Gasteiger partial charge in [0.05, 0.1) is 20.0 Å². The third-order valence-electron chi connectivity index (χ3n) is 4.21. The van der Waals surface area contributed by atoms with E-state index in [4.69, 9.17) is 4.84 Å². The van der Waals surface area contributed by atoms with E-state index < -0.39 is 0 Å². The molecule has 0 saturated carbocycles. The summed E-state index contributed by atoms with van der Waals surface area (Å²) in [6, 6.07) is 14.4. The summed E-state index contributed by atoms with van der Waals surface area (Å²) in [5.74, 6) is 0.464. The van der Waals surface area contributed by atoms with Gasteiger partial charge in [-0.2, -0.15) is 5.48 Å². The van der Waals surface area contributed by atoms with Crippen LogP contribution < -0.4 is 10.4 Å². The Labute approximate surface area is 173 Å². The van der Waals surface area contributed by atoms with Gasteiger partial charge in [0.2, 0.25) is 5.16 Å². The maximum absolute atomic E-state index is 11.3. The number of hydrogen-bond donors (Lipinski definition) is 2. The van der Waals surface area contributed by atoms with Gasteiger partial charge in [-0.3, -0.25) is 9.89 Å². The first kappa shape index (κ1) is 20.8. The highest BCUT2D eigenvalue weighted by Gasteiger charge is 2.13. The molecule has 0 bridgehead atoms. The van der Waals surface area contributed by atoms with Crippen LogP contribution in [0.2, 0.25) is 0 Å². The number of ether oxygens (including phenoxy) is 1. The highest BCUT2D eigenvalue weighted by atomic mass is 32.2. The van der Waals surface area contributed by atoms with Crippen LogP contribution in [0.25, 0.3) is 22.5 Å². The molecule has 1 aromatic heterocycles. The number of methoxy groups -OCH3 is 1. The molecule has 9 heteroatoms. The second kappa shape index (κ2) is 9.55. The molecule has 3 aromatic rings. The summed E-state index contributed by atoms with van der Waals surface area (Å²) < 4.78 is 4.65. The lowest BCUT2D eigenvalue weighted by molar-refractivity contribution is -0.830. The van der Waals surface area contributed by atoms with E-state index in [0.717, 1.165) is 28.1 Å². The number of aromatic amines is 1. The fraction of sp³-hybridized carbons (Fsp3) is 0.250. The molecule has 0 amide bonds. The number of hydrogen-bond acceptors (Lipinski definition) is 7. The van der Waals surface area contributed by atoms with Crippen molar-refractivity contribution in [1.29, 1.82) is 0 Å². The first-order chi connectivity index (χ1) is 14.0. The lowest BCUT2D eigenvalue weighted by atomic mass is 10.0. The summed E-state index contributed by atoms with van der Waals surface area (Å²) in [6.45, 7) is 0. The molecule has 0 spiro atoms. The smallest absolute Gasteiger partial charge is 0.316 e. The Morgan fingerprint density at radius 3 is 2.48 bits per heavy atom. The number of carbonyl (C=O) groups is 1. The third-order valence-corrected chi connectivity index (χ3v) is 5.03. The lowest BCUT2D eigenvalue weighted by Crippen LogP contribution is -2.75. The average molecular weight is 415 g/mol. The molecule has 3 rings (SSSR count). The number of H-pyrrole nitrogens is 1. The van der Waals surface area contributed by atoms with E-state index in [1.807, 2.05) is 26.2 Å². The van der Waals surface area contributed by atoms with Gasteiger partial charge in [-0.05, 0) is 29.3 Å². The SMILES string of the molecule is CO[NH2+]c1cc(-c2ccc(N(C)C)cc2)cc(-c2nc(SCC(=O)OC)n[nH]2)c1. The molecular weight excluding hydrogens is 390 g/mol. The molecule has 29 heavy (non-hydrogen) atoms. The van der Waals surface area contributed by atoms with Gasteiger partial charge in [-0.1, -0.05) is 23.9 Å². The summed E-state index contributed by atoms with van der Waals surface area (Å²) in [7, 11) is 7.01. The van der Waals surface area contributed by atoms with Gasteiger partial charge >= 0.3 is 5.97 Å². The minimum atomic E-state index is -0.318. The number of nitrogens with one attached hydrogen (secondary N) is 1. The van der Waals surface area contributed by atoms with Crippen LogP contribution in [0.1, 0.15) is 0 Å². The molecule has 152 valence electrons. The first-order valence-electron chi connectivity index (χ1n) is 8.91. The molecule has 0 aliphatic heterocycles. The van der Waals surface area contributed by atoms with Crippen molar-refractivity contribution >= 4 is 29.1 Å². The van der Waals surface area contributed by atoms with Crippen molar-refractivity contribution in [2.24, 2.45) is 0 Å². The summed E-state index contributed by atoms with van der Waals surface area (Å²) >= 11 is 1.22. The number of esters is 1. The lowest BCUT2D eigenvalue weighted by Gasteiger charge is -2.13. The zero-order valence-electron chi connectivity index (χ0n) is 16.8. The van der Waals surface area contributed by atoms with E-state index in [1.54, 1.807) is 12.6 Å². The van der Waals surface area contributed by atoms with E-state index in [2.05, 4.69) is 55.1 Å². The van der Waals surface area contributed by atoms with Gasteiger partial charge in [0.15, 0.2) is 11.5 Å². The number of aromatic nitrogens is 3. The number of benzene rings is 2. The van der Waals surface area contributed by atoms with E-state index >= 15 is 0 Å². The fourth-order valence-corrected chi connectivity index (χ4v) is 3.36. The monoisotopic (exact) mass is 414 g/mol. The van der Waals surface area contributed by atoms with Crippen LogP contribution in [-0.2, 0) is 14.4 Å². The zero-order valence-corrected chi connectivity index (χ0v) is 17.6. The number of quaternary nitrogens is 1. The van der Waals surface area contributed by atoms with Gasteiger partial charge in [-0.25, -0.2) is 9.82 Å². The van der Waals surface area contributed by atoms with E-state index in [1.165, 1.54) is 18.9 Å². The topological polar surface area (TPSA) is 96.9 Å². The Bertz CT molecular complexity index is 973. The molecule has 0 atom stereocenters. The van der Waals surface area contributed by atoms with Crippen molar-refractivity contribution < 1.29 is 19.8 Å². The van der Waals surface area contributed by atoms with Crippen molar-refractivity contribution in [3.05, 3.63) is 42.5 Å². The van der Waals surface area contributed by atoms with Crippen molar-refractivity contribution in [3.8, 4) is 22.5 Å². The van der Waals surface area contributed by atoms with Crippen LogP contribution in [0, 0.1) is 0 Å². The molecule has 0 aliphatic rings. The van der Waals surface area contributed by atoms with Gasteiger partial charge in [-0.15, -0.1) is 5.10 Å². The zero-order chi connectivity index (χ0) is 20.8. The minimum absolute atomic E-state index is 0.161. The Balaban J connectivity index is 1.91. The number of nitrogens with two attached hydrogens (primary N) is 1. The minimum Gasteiger partial charge on any atom is -0.468 e. The Morgan fingerprint density at radius 2 is 1.83 bits per heavy atom. The molecule has 0 radical (unpaired) electrons. The second-order valence-electron chi connectivity index (χ2n) is 6.47. The largest absolute Gasteiger partial charge is 0.468 e. The molecular formula is C20H24N5O3S+. The van der Waals surface area contributed by atoms with Crippen LogP contribution in [0.4, 0.5) is 11.4 Å². The Kier molecular flexibility index (Phi) is 6.86. The number of nitrogens with zero attached hydrogens (tertiary/aromatic N) is 3. The normalized spacial score (nSPS) is 10.8. The van der Waals surface area contributed by atoms with E-state index in [9.17, 15) is 4.79 Å². The molecule has 0 fully saturated rings. The van der Waals surface area contributed by atoms with E-state index in [-0.39, 0.29) is 11.7 Å². The number of anilines is 1. The number of rotatable bonds is 8. The van der Waals surface area contributed by atoms with Gasteiger partial charge in [0.25, 0.3) is 0 Å². The van der Waals surface area contributed by atoms with Gasteiger partial charge in [0.1, 0.15) is 0 Å². The highest BCUT2D eigenvalue weighted by molar-refractivity contribution is 7.99. The maximum Gasteiger partial charge on any atom is 0.316 e. The number of carbonyl (C=O) groups excluding carboxylic acids is 1. The van der Waals surface area contributed by atoms with Crippen LogP contribution in [0.5, 0.6) is 0 Å². The van der Waals surface area contributed by atoms with Crippen LogP contribution in [-0.4, -0.2) is 55.2 Å². The van der Waals surface area contributed by atoms with Crippen molar-refractivity contribution in [2.45, 2.75) is 5.16 Å². The molecule has 0 unspecified atom stereocenters. The number of thioether (sulfide) groups is 1. The maximum atomic E-state index is 11.3. The highest BCUT2D eigenvalue weighted by Crippen LogP contribution is 2.29. The van der Waals surface area contributed by atoms with Crippen molar-refractivity contribution in [1.82, 2.24) is 15.2 Å². The molecule has 0 aliphatic carbocycles. The standard InChI is InChI=1S/C20H23N5O3S/c1-25(2)17-7-5-13(6-8-17)14-9-15(11-16(10-14)24-28-4)19-21-20(23-22-19)29-12-18(26)27-3/h5-11,24H,12H2,1-4H3,(H,21,22,23)/p+1. The summed E-state index contributed by atoms with van der Waals surface area (Å²) in [5.41, 5.74) is 6.73. The molecule has 0 saturated heterocycles. The predicted octanol–water partition coefficient (Wildman–Crippen LogP) is 2.23. The van der Waals surface area contributed by atoms with Crippen molar-refractivity contribution in [2.75, 3.05) is 39.0 Å². The molecule has 8 nitrogen and oxygen atoms in total.